The number of carbonyl (C=O) groups excluding carboxylic acids is 3. The van der Waals surface area contributed by atoms with Crippen molar-refractivity contribution in [3.63, 3.8) is 0 Å². The highest BCUT2D eigenvalue weighted by Gasteiger charge is 2.46. The van der Waals surface area contributed by atoms with E-state index >= 15 is 0 Å². The molecule has 3 saturated heterocycles. The monoisotopic (exact) mass is 447 g/mol. The molecule has 32 heavy (non-hydrogen) atoms. The highest BCUT2D eigenvalue weighted by molar-refractivity contribution is 5.94. The number of hydrogen-bond donors (Lipinski definition) is 3. The molecule has 3 heterocycles. The van der Waals surface area contributed by atoms with Crippen LogP contribution in [0.1, 0.15) is 6.42 Å². The van der Waals surface area contributed by atoms with Crippen molar-refractivity contribution in [3.05, 3.63) is 30.3 Å². The zero-order chi connectivity index (χ0) is 22.5. The zero-order valence-electron chi connectivity index (χ0n) is 17.8. The number of carbonyl (C=O) groups is 3. The molecule has 3 amide bonds. The van der Waals surface area contributed by atoms with Crippen LogP contribution in [-0.2, 0) is 19.1 Å². The molecule has 0 saturated carbocycles. The molecule has 0 bridgehead atoms. The Morgan fingerprint density at radius 3 is 2.50 bits per heavy atom. The van der Waals surface area contributed by atoms with Gasteiger partial charge in [-0.25, -0.2) is 10.3 Å². The maximum absolute atomic E-state index is 13.5. The molecule has 0 spiro atoms. The number of nitrogens with zero attached hydrogens (tertiary/aromatic N) is 3. The van der Waals surface area contributed by atoms with Crippen molar-refractivity contribution in [3.8, 4) is 0 Å². The van der Waals surface area contributed by atoms with Gasteiger partial charge < -0.3 is 24.6 Å². The number of nitrogens with one attached hydrogen (secondary N) is 2. The number of amides is 3. The summed E-state index contributed by atoms with van der Waals surface area (Å²) in [6.07, 6.45) is -0.426. The Labute approximate surface area is 186 Å². The van der Waals surface area contributed by atoms with Gasteiger partial charge in [-0.15, -0.1) is 0 Å². The van der Waals surface area contributed by atoms with E-state index in [9.17, 15) is 19.6 Å². The average Bonchev–Trinajstić information content (AvgIpc) is 3.36. The standard InChI is InChI=1S/C21H29N5O6/c27-19(23-30)17-18(26(8-7-22-17)21(29)32-16-6-13-31-14-16)20(28)25-11-9-24(10-12-25)15-4-2-1-3-5-15/h1-5,16-18,22,30H,6-14H2,(H,23,27)/t16-,17-,18-/m0/s1. The quantitative estimate of drug-likeness (QED) is 0.413. The lowest BCUT2D eigenvalue weighted by molar-refractivity contribution is -0.145. The lowest BCUT2D eigenvalue weighted by Gasteiger charge is -2.43. The first-order valence-electron chi connectivity index (χ1n) is 10.9. The van der Waals surface area contributed by atoms with Gasteiger partial charge in [0.1, 0.15) is 18.2 Å². The maximum atomic E-state index is 13.5. The Morgan fingerprint density at radius 1 is 1.09 bits per heavy atom. The molecule has 4 rings (SSSR count). The van der Waals surface area contributed by atoms with Crippen molar-refractivity contribution in [2.75, 3.05) is 57.4 Å². The Balaban J connectivity index is 1.47. The zero-order valence-corrected chi connectivity index (χ0v) is 17.8. The number of anilines is 1. The van der Waals surface area contributed by atoms with Gasteiger partial charge in [0, 0.05) is 51.4 Å². The Bertz CT molecular complexity index is 810. The number of benzene rings is 1. The van der Waals surface area contributed by atoms with Crippen LogP contribution < -0.4 is 15.7 Å². The third-order valence-corrected chi connectivity index (χ3v) is 6.12. The molecule has 1 aromatic rings. The lowest BCUT2D eigenvalue weighted by Crippen LogP contribution is -2.69. The average molecular weight is 447 g/mol. The first-order valence-corrected chi connectivity index (χ1v) is 10.9. The van der Waals surface area contributed by atoms with Gasteiger partial charge in [0.2, 0.25) is 5.91 Å². The number of ether oxygens (including phenoxy) is 2. The summed E-state index contributed by atoms with van der Waals surface area (Å²) in [6.45, 7) is 3.52. The van der Waals surface area contributed by atoms with Gasteiger partial charge in [-0.2, -0.15) is 0 Å². The van der Waals surface area contributed by atoms with Gasteiger partial charge in [-0.05, 0) is 12.1 Å². The summed E-state index contributed by atoms with van der Waals surface area (Å²) in [5.74, 6) is -1.12. The smallest absolute Gasteiger partial charge is 0.410 e. The molecule has 0 unspecified atom stereocenters. The van der Waals surface area contributed by atoms with Gasteiger partial charge in [0.15, 0.2) is 0 Å². The summed E-state index contributed by atoms with van der Waals surface area (Å²) in [7, 11) is 0. The third kappa shape index (κ3) is 4.79. The van der Waals surface area contributed by atoms with Gasteiger partial charge in [0.25, 0.3) is 5.91 Å². The third-order valence-electron chi connectivity index (χ3n) is 6.12. The topological polar surface area (TPSA) is 124 Å². The maximum Gasteiger partial charge on any atom is 0.410 e. The number of rotatable bonds is 4. The van der Waals surface area contributed by atoms with Crippen molar-refractivity contribution in [2.24, 2.45) is 0 Å². The molecule has 11 heteroatoms. The summed E-state index contributed by atoms with van der Waals surface area (Å²) >= 11 is 0. The highest BCUT2D eigenvalue weighted by atomic mass is 16.6. The fourth-order valence-electron chi connectivity index (χ4n) is 4.38. The predicted molar refractivity (Wildman–Crippen MR) is 113 cm³/mol. The van der Waals surface area contributed by atoms with Crippen molar-refractivity contribution in [1.29, 1.82) is 0 Å². The summed E-state index contributed by atoms with van der Waals surface area (Å²) < 4.78 is 10.8. The van der Waals surface area contributed by atoms with Crippen LogP contribution in [0.3, 0.4) is 0 Å². The Morgan fingerprint density at radius 2 is 1.84 bits per heavy atom. The minimum Gasteiger partial charge on any atom is -0.444 e. The number of hydroxylamine groups is 1. The molecule has 3 aliphatic rings. The summed E-state index contributed by atoms with van der Waals surface area (Å²) in [5, 5.41) is 12.1. The van der Waals surface area contributed by atoms with Crippen LogP contribution in [0, 0.1) is 0 Å². The second-order valence-electron chi connectivity index (χ2n) is 8.06. The van der Waals surface area contributed by atoms with Crippen LogP contribution in [0.25, 0.3) is 0 Å². The van der Waals surface area contributed by atoms with Crippen LogP contribution in [-0.4, -0.2) is 104 Å². The van der Waals surface area contributed by atoms with E-state index in [1.807, 2.05) is 30.3 Å². The van der Waals surface area contributed by atoms with E-state index in [1.165, 1.54) is 4.90 Å². The van der Waals surface area contributed by atoms with Crippen LogP contribution in [0.5, 0.6) is 0 Å². The Hall–Kier alpha value is -2.89. The molecule has 3 fully saturated rings. The molecule has 3 atom stereocenters. The van der Waals surface area contributed by atoms with Gasteiger partial charge in [0.05, 0.1) is 13.2 Å². The fourth-order valence-corrected chi connectivity index (χ4v) is 4.38. The normalized spacial score (nSPS) is 26.0. The van der Waals surface area contributed by atoms with E-state index in [2.05, 4.69) is 10.2 Å². The van der Waals surface area contributed by atoms with Crippen LogP contribution in [0.15, 0.2) is 30.3 Å². The number of para-hydroxylation sites is 1. The van der Waals surface area contributed by atoms with Crippen molar-refractivity contribution in [2.45, 2.75) is 24.6 Å². The molecule has 11 nitrogen and oxygen atoms in total. The molecule has 0 aliphatic carbocycles. The molecule has 174 valence electrons. The highest BCUT2D eigenvalue weighted by Crippen LogP contribution is 2.20. The molecule has 3 aliphatic heterocycles. The van der Waals surface area contributed by atoms with Crippen LogP contribution >= 0.6 is 0 Å². The Kier molecular flexibility index (Phi) is 7.08. The molecule has 1 aromatic carbocycles. The summed E-state index contributed by atoms with van der Waals surface area (Å²) in [6, 6.07) is 7.74. The van der Waals surface area contributed by atoms with E-state index in [-0.39, 0.29) is 18.6 Å². The van der Waals surface area contributed by atoms with Gasteiger partial charge >= 0.3 is 6.09 Å². The molecule has 0 radical (unpaired) electrons. The number of piperazine rings is 2. The second kappa shape index (κ2) is 10.2. The lowest BCUT2D eigenvalue weighted by atomic mass is 10.0. The van der Waals surface area contributed by atoms with Crippen molar-refractivity contribution in [1.82, 2.24) is 20.6 Å². The molecule has 0 aromatic heterocycles. The van der Waals surface area contributed by atoms with Crippen molar-refractivity contribution >= 4 is 23.6 Å². The van der Waals surface area contributed by atoms with E-state index in [1.54, 1.807) is 10.4 Å². The SMILES string of the molecule is O=C(NO)[C@H]1NCCN(C(=O)O[C@H]2CCOC2)[C@@H]1C(=O)N1CCN(c2ccccc2)CC1. The van der Waals surface area contributed by atoms with Gasteiger partial charge in [-0.3, -0.25) is 19.7 Å². The summed E-state index contributed by atoms with van der Waals surface area (Å²) in [5.41, 5.74) is 2.69. The molecular formula is C21H29N5O6. The minimum absolute atomic E-state index is 0.210. The van der Waals surface area contributed by atoms with Gasteiger partial charge in [-0.1, -0.05) is 18.2 Å². The second-order valence-corrected chi connectivity index (χ2v) is 8.06. The van der Waals surface area contributed by atoms with Crippen molar-refractivity contribution < 1.29 is 29.1 Å². The minimum atomic E-state index is -1.12. The summed E-state index contributed by atoms with van der Waals surface area (Å²) in [4.78, 5) is 43.9. The van der Waals surface area contributed by atoms with Crippen LogP contribution in [0.2, 0.25) is 0 Å². The largest absolute Gasteiger partial charge is 0.444 e. The van der Waals surface area contributed by atoms with E-state index < -0.39 is 24.1 Å². The predicted octanol–water partition coefficient (Wildman–Crippen LogP) is -0.591. The molecule has 3 N–H and O–H groups in total. The van der Waals surface area contributed by atoms with E-state index in [0.717, 1.165) is 5.69 Å². The number of hydrogen-bond acceptors (Lipinski definition) is 8. The first-order chi connectivity index (χ1) is 15.6. The fraction of sp³-hybridized carbons (Fsp3) is 0.571. The molecular weight excluding hydrogens is 418 g/mol. The van der Waals surface area contributed by atoms with Crippen LogP contribution in [0.4, 0.5) is 10.5 Å². The van der Waals surface area contributed by atoms with E-state index in [0.29, 0.717) is 52.4 Å². The first kappa shape index (κ1) is 22.3. The van der Waals surface area contributed by atoms with E-state index in [4.69, 9.17) is 9.47 Å².